The maximum atomic E-state index is 11.9. The van der Waals surface area contributed by atoms with Crippen LogP contribution in [0.15, 0.2) is 54.6 Å². The summed E-state index contributed by atoms with van der Waals surface area (Å²) in [7, 11) is 0. The Balaban J connectivity index is 1.99. The summed E-state index contributed by atoms with van der Waals surface area (Å²) in [6, 6.07) is 16.8. The summed E-state index contributed by atoms with van der Waals surface area (Å²) in [5.41, 5.74) is 2.48. The molecule has 0 amide bonds. The Labute approximate surface area is 116 Å². The van der Waals surface area contributed by atoms with E-state index >= 15 is 0 Å². The number of rotatable bonds is 4. The summed E-state index contributed by atoms with van der Waals surface area (Å²) < 4.78 is 0. The van der Waals surface area contributed by atoms with Crippen molar-refractivity contribution in [3.05, 3.63) is 71.3 Å². The molecule has 0 fully saturated rings. The van der Waals surface area contributed by atoms with Gasteiger partial charge in [-0.1, -0.05) is 65.9 Å². The third-order valence-electron chi connectivity index (χ3n) is 2.68. The minimum Gasteiger partial charge on any atom is -0.284 e. The van der Waals surface area contributed by atoms with Crippen LogP contribution in [-0.2, 0) is 10.5 Å². The van der Waals surface area contributed by atoms with Crippen LogP contribution in [0.25, 0.3) is 0 Å². The van der Waals surface area contributed by atoms with E-state index in [1.165, 1.54) is 0 Å². The van der Waals surface area contributed by atoms with Gasteiger partial charge in [0.05, 0.1) is 0 Å². The van der Waals surface area contributed by atoms with Crippen LogP contribution in [0.1, 0.15) is 21.5 Å². The van der Waals surface area contributed by atoms with Crippen LogP contribution >= 0.6 is 11.8 Å². The number of hydrogen-bond donors (Lipinski definition) is 0. The molecule has 0 aliphatic rings. The molecule has 96 valence electrons. The smallest absolute Gasteiger partial charge is 0.260 e. The maximum Gasteiger partial charge on any atom is 0.260 e. The van der Waals surface area contributed by atoms with Gasteiger partial charge in [-0.25, -0.2) is 0 Å². The quantitative estimate of drug-likeness (QED) is 0.628. The van der Waals surface area contributed by atoms with Crippen LogP contribution < -0.4 is 0 Å². The molecule has 3 heteroatoms. The largest absolute Gasteiger partial charge is 0.284 e. The average molecular weight is 270 g/mol. The molecule has 0 bridgehead atoms. The highest BCUT2D eigenvalue weighted by Crippen LogP contribution is 2.16. The van der Waals surface area contributed by atoms with Crippen molar-refractivity contribution in [3.63, 3.8) is 0 Å². The Morgan fingerprint density at radius 3 is 2.42 bits per heavy atom. The molecule has 2 aromatic rings. The molecular formula is C16H14O2S. The fraction of sp³-hybridized carbons (Fsp3) is 0.125. The fourth-order valence-electron chi connectivity index (χ4n) is 1.69. The number of carbonyl (C=O) groups is 2. The summed E-state index contributed by atoms with van der Waals surface area (Å²) in [6.45, 7) is 1.90. The van der Waals surface area contributed by atoms with Crippen molar-refractivity contribution in [2.75, 3.05) is 0 Å². The predicted octanol–water partition coefficient (Wildman–Crippen LogP) is 3.64. The van der Waals surface area contributed by atoms with E-state index in [-0.39, 0.29) is 0 Å². The van der Waals surface area contributed by atoms with Crippen molar-refractivity contribution in [3.8, 4) is 0 Å². The molecule has 0 radical (unpaired) electrons. The second-order valence-corrected chi connectivity index (χ2v) is 5.21. The molecule has 0 spiro atoms. The van der Waals surface area contributed by atoms with Crippen LogP contribution in [0.3, 0.4) is 0 Å². The minimum absolute atomic E-state index is 0.408. The number of hydrogen-bond acceptors (Lipinski definition) is 3. The summed E-state index contributed by atoms with van der Waals surface area (Å²) in [6.07, 6.45) is 0. The van der Waals surface area contributed by atoms with E-state index in [1.54, 1.807) is 18.2 Å². The first-order valence-electron chi connectivity index (χ1n) is 5.99. The zero-order valence-corrected chi connectivity index (χ0v) is 11.4. The molecule has 0 heterocycles. The van der Waals surface area contributed by atoms with Gasteiger partial charge < -0.3 is 0 Å². The van der Waals surface area contributed by atoms with E-state index in [9.17, 15) is 9.59 Å². The number of Topliss-reactive ketones (excluding diaryl/α,β-unsaturated/α-hetero) is 1. The SMILES string of the molecule is Cc1cccc(C(=O)C(=O)SCc2ccccc2)c1. The van der Waals surface area contributed by atoms with Crippen molar-refractivity contribution in [1.82, 2.24) is 0 Å². The number of ketones is 1. The third-order valence-corrected chi connectivity index (χ3v) is 3.60. The number of benzene rings is 2. The first kappa shape index (κ1) is 13.6. The van der Waals surface area contributed by atoms with E-state index in [0.717, 1.165) is 22.9 Å². The molecule has 2 nitrogen and oxygen atoms in total. The van der Waals surface area contributed by atoms with Gasteiger partial charge in [0.15, 0.2) is 0 Å². The zero-order chi connectivity index (χ0) is 13.7. The molecule has 2 rings (SSSR count). The van der Waals surface area contributed by atoms with Crippen LogP contribution in [-0.4, -0.2) is 10.9 Å². The van der Waals surface area contributed by atoms with E-state index < -0.39 is 10.9 Å². The van der Waals surface area contributed by atoms with E-state index in [1.807, 2.05) is 43.3 Å². The molecule has 0 aromatic heterocycles. The van der Waals surface area contributed by atoms with Gasteiger partial charge in [0.2, 0.25) is 5.78 Å². The van der Waals surface area contributed by atoms with Crippen molar-refractivity contribution >= 4 is 22.7 Å². The lowest BCUT2D eigenvalue weighted by atomic mass is 10.1. The highest BCUT2D eigenvalue weighted by atomic mass is 32.2. The third kappa shape index (κ3) is 3.80. The van der Waals surface area contributed by atoms with Gasteiger partial charge in [-0.05, 0) is 18.6 Å². The van der Waals surface area contributed by atoms with Gasteiger partial charge in [-0.3, -0.25) is 9.59 Å². The van der Waals surface area contributed by atoms with Gasteiger partial charge >= 0.3 is 0 Å². The first-order chi connectivity index (χ1) is 9.16. The Hall–Kier alpha value is -1.87. The second kappa shape index (κ2) is 6.34. The van der Waals surface area contributed by atoms with Gasteiger partial charge in [-0.2, -0.15) is 0 Å². The molecule has 0 N–H and O–H groups in total. The molecule has 0 saturated heterocycles. The summed E-state index contributed by atoms with van der Waals surface area (Å²) in [5.74, 6) is 0.0988. The lowest BCUT2D eigenvalue weighted by Crippen LogP contribution is -2.10. The monoisotopic (exact) mass is 270 g/mol. The normalized spacial score (nSPS) is 10.2. The summed E-state index contributed by atoms with van der Waals surface area (Å²) in [4.78, 5) is 23.8. The molecule has 2 aromatic carbocycles. The molecule has 0 unspecified atom stereocenters. The van der Waals surface area contributed by atoms with E-state index in [4.69, 9.17) is 0 Å². The van der Waals surface area contributed by atoms with E-state index in [2.05, 4.69) is 0 Å². The van der Waals surface area contributed by atoms with Crippen molar-refractivity contribution in [1.29, 1.82) is 0 Å². The molecule has 0 atom stereocenters. The van der Waals surface area contributed by atoms with E-state index in [0.29, 0.717) is 11.3 Å². The summed E-state index contributed by atoms with van der Waals surface area (Å²) in [5, 5.41) is -0.408. The van der Waals surface area contributed by atoms with Crippen LogP contribution in [0.2, 0.25) is 0 Å². The molecule has 0 saturated carbocycles. The summed E-state index contributed by atoms with van der Waals surface area (Å²) >= 11 is 1.05. The molecule has 0 aliphatic heterocycles. The number of thioether (sulfide) groups is 1. The molecule has 0 aliphatic carbocycles. The topological polar surface area (TPSA) is 34.1 Å². The number of aryl methyl sites for hydroxylation is 1. The predicted molar refractivity (Wildman–Crippen MR) is 78.3 cm³/mol. The first-order valence-corrected chi connectivity index (χ1v) is 6.97. The lowest BCUT2D eigenvalue weighted by molar-refractivity contribution is -0.107. The van der Waals surface area contributed by atoms with Crippen molar-refractivity contribution in [2.24, 2.45) is 0 Å². The maximum absolute atomic E-state index is 11.9. The Morgan fingerprint density at radius 2 is 1.74 bits per heavy atom. The van der Waals surface area contributed by atoms with Crippen molar-refractivity contribution in [2.45, 2.75) is 12.7 Å². The second-order valence-electron chi connectivity index (χ2n) is 4.26. The van der Waals surface area contributed by atoms with Gasteiger partial charge in [0.1, 0.15) is 0 Å². The lowest BCUT2D eigenvalue weighted by Gasteiger charge is -2.02. The van der Waals surface area contributed by atoms with Gasteiger partial charge in [0.25, 0.3) is 5.12 Å². The zero-order valence-electron chi connectivity index (χ0n) is 10.6. The Morgan fingerprint density at radius 1 is 1.00 bits per heavy atom. The molecule has 19 heavy (non-hydrogen) atoms. The highest BCUT2D eigenvalue weighted by molar-refractivity contribution is 8.14. The Kier molecular flexibility index (Phi) is 4.53. The highest BCUT2D eigenvalue weighted by Gasteiger charge is 2.16. The average Bonchev–Trinajstić information content (AvgIpc) is 2.45. The van der Waals surface area contributed by atoms with Crippen LogP contribution in [0.4, 0.5) is 0 Å². The molecular weight excluding hydrogens is 256 g/mol. The fourth-order valence-corrected chi connectivity index (χ4v) is 2.43. The Bertz CT molecular complexity index is 591. The van der Waals surface area contributed by atoms with Gasteiger partial charge in [0, 0.05) is 11.3 Å². The van der Waals surface area contributed by atoms with Crippen molar-refractivity contribution < 1.29 is 9.59 Å². The number of carbonyl (C=O) groups excluding carboxylic acids is 2. The minimum atomic E-state index is -0.426. The van der Waals surface area contributed by atoms with Crippen LogP contribution in [0.5, 0.6) is 0 Å². The standard InChI is InChI=1S/C16H14O2S/c1-12-6-5-9-14(10-12)15(17)16(18)19-11-13-7-3-2-4-8-13/h2-10H,11H2,1H3. The van der Waals surface area contributed by atoms with Crippen LogP contribution in [0, 0.1) is 6.92 Å². The van der Waals surface area contributed by atoms with Gasteiger partial charge in [-0.15, -0.1) is 0 Å².